The van der Waals surface area contributed by atoms with Crippen molar-refractivity contribution in [2.45, 2.75) is 39.0 Å². The molecule has 0 aromatic carbocycles. The van der Waals surface area contributed by atoms with E-state index in [0.29, 0.717) is 13.2 Å². The highest BCUT2D eigenvalue weighted by molar-refractivity contribution is 5.87. The Morgan fingerprint density at radius 3 is 2.56 bits per heavy atom. The molecule has 1 aliphatic rings. The van der Waals surface area contributed by atoms with E-state index in [1.54, 1.807) is 0 Å². The summed E-state index contributed by atoms with van der Waals surface area (Å²) < 4.78 is 5.42. The summed E-state index contributed by atoms with van der Waals surface area (Å²) in [6.45, 7) is 6.75. The molecule has 106 valence electrons. The van der Waals surface area contributed by atoms with Crippen molar-refractivity contribution in [3.63, 3.8) is 0 Å². The number of ether oxygens (including phenoxy) is 1. The molecule has 0 aliphatic carbocycles. The van der Waals surface area contributed by atoms with Crippen molar-refractivity contribution in [3.8, 4) is 0 Å². The topological polar surface area (TPSA) is 84.7 Å². The first-order valence-corrected chi connectivity index (χ1v) is 5.87. The number of halogens is 1. The molecule has 2 atom stereocenters. The Kier molecular flexibility index (Phi) is 7.20. The first-order chi connectivity index (χ1) is 7.93. The zero-order valence-corrected chi connectivity index (χ0v) is 11.8. The second-order valence-electron chi connectivity index (χ2n) is 4.53. The molecule has 1 heterocycles. The van der Waals surface area contributed by atoms with Gasteiger partial charge in [-0.1, -0.05) is 0 Å². The van der Waals surface area contributed by atoms with E-state index in [4.69, 9.17) is 10.5 Å². The Morgan fingerprint density at radius 1 is 1.50 bits per heavy atom. The van der Waals surface area contributed by atoms with Crippen LogP contribution in [0.2, 0.25) is 0 Å². The van der Waals surface area contributed by atoms with Crippen LogP contribution < -0.4 is 11.1 Å². The summed E-state index contributed by atoms with van der Waals surface area (Å²) in [6, 6.07) is -0.462. The van der Waals surface area contributed by atoms with Gasteiger partial charge in [-0.15, -0.1) is 12.4 Å². The number of primary amides is 1. The Labute approximate surface area is 114 Å². The van der Waals surface area contributed by atoms with Crippen molar-refractivity contribution >= 4 is 24.2 Å². The molecule has 0 aromatic rings. The monoisotopic (exact) mass is 279 g/mol. The molecular formula is C11H22ClN3O3. The lowest BCUT2D eigenvalue weighted by molar-refractivity contribution is -0.143. The van der Waals surface area contributed by atoms with E-state index >= 15 is 0 Å². The van der Waals surface area contributed by atoms with E-state index in [9.17, 15) is 9.59 Å². The molecule has 0 bridgehead atoms. The number of morpholine rings is 1. The Morgan fingerprint density at radius 2 is 2.11 bits per heavy atom. The van der Waals surface area contributed by atoms with Crippen LogP contribution in [0.4, 0.5) is 0 Å². The second-order valence-corrected chi connectivity index (χ2v) is 4.53. The van der Waals surface area contributed by atoms with E-state index in [-0.39, 0.29) is 37.0 Å². The average Bonchev–Trinajstić information content (AvgIpc) is 2.25. The number of amides is 2. The first-order valence-electron chi connectivity index (χ1n) is 5.87. The molecule has 3 N–H and O–H groups in total. The van der Waals surface area contributed by atoms with Crippen molar-refractivity contribution in [3.05, 3.63) is 0 Å². The van der Waals surface area contributed by atoms with Crippen molar-refractivity contribution < 1.29 is 14.3 Å². The van der Waals surface area contributed by atoms with Gasteiger partial charge in [-0.2, -0.15) is 0 Å². The number of nitrogens with one attached hydrogen (secondary N) is 1. The standard InChI is InChI=1S/C11H21N3O3.ClH/c1-7(2)14(6-9(12)15)11(16)10-8(3)17-5-4-13-10;/h7-8,10,13H,4-6H2,1-3H3,(H2,12,15);1H/t8-,10+;/m1./s1. The van der Waals surface area contributed by atoms with E-state index in [0.717, 1.165) is 0 Å². The minimum atomic E-state index is -0.503. The van der Waals surface area contributed by atoms with E-state index in [1.807, 2.05) is 20.8 Å². The molecule has 6 nitrogen and oxygen atoms in total. The number of nitrogens with two attached hydrogens (primary N) is 1. The molecule has 0 radical (unpaired) electrons. The summed E-state index contributed by atoms with van der Waals surface area (Å²) in [5.74, 6) is -0.637. The van der Waals surface area contributed by atoms with Crippen LogP contribution in [0.1, 0.15) is 20.8 Å². The molecule has 18 heavy (non-hydrogen) atoms. The minimum absolute atomic E-state index is 0. The molecule has 7 heteroatoms. The zero-order chi connectivity index (χ0) is 13.0. The maximum atomic E-state index is 12.3. The van der Waals surface area contributed by atoms with Crippen LogP contribution in [0.25, 0.3) is 0 Å². The van der Waals surface area contributed by atoms with E-state index in [2.05, 4.69) is 5.32 Å². The van der Waals surface area contributed by atoms with Gasteiger partial charge in [0.15, 0.2) is 0 Å². The molecule has 0 saturated carbocycles. The Bertz CT molecular complexity index is 299. The third kappa shape index (κ3) is 4.44. The smallest absolute Gasteiger partial charge is 0.243 e. The highest BCUT2D eigenvalue weighted by atomic mass is 35.5. The van der Waals surface area contributed by atoms with Crippen LogP contribution >= 0.6 is 12.4 Å². The van der Waals surface area contributed by atoms with Crippen LogP contribution in [0.3, 0.4) is 0 Å². The Balaban J connectivity index is 0.00000289. The van der Waals surface area contributed by atoms with Gasteiger partial charge >= 0.3 is 0 Å². The molecule has 1 aliphatic heterocycles. The maximum absolute atomic E-state index is 12.3. The van der Waals surface area contributed by atoms with Crippen LogP contribution in [-0.4, -0.2) is 54.6 Å². The van der Waals surface area contributed by atoms with Crippen molar-refractivity contribution in [2.24, 2.45) is 5.73 Å². The largest absolute Gasteiger partial charge is 0.375 e. The highest BCUT2D eigenvalue weighted by Crippen LogP contribution is 2.10. The lowest BCUT2D eigenvalue weighted by atomic mass is 10.1. The summed E-state index contributed by atoms with van der Waals surface area (Å²) >= 11 is 0. The van der Waals surface area contributed by atoms with Gasteiger partial charge < -0.3 is 20.7 Å². The fourth-order valence-electron chi connectivity index (χ4n) is 1.87. The van der Waals surface area contributed by atoms with Gasteiger partial charge in [-0.3, -0.25) is 9.59 Å². The molecule has 0 aromatic heterocycles. The Hall–Kier alpha value is -0.850. The number of rotatable bonds is 4. The van der Waals surface area contributed by atoms with Crippen LogP contribution in [0, 0.1) is 0 Å². The van der Waals surface area contributed by atoms with Gasteiger partial charge in [0, 0.05) is 12.6 Å². The van der Waals surface area contributed by atoms with Crippen molar-refractivity contribution in [2.75, 3.05) is 19.7 Å². The molecular weight excluding hydrogens is 258 g/mol. The molecule has 0 unspecified atom stereocenters. The fraction of sp³-hybridized carbons (Fsp3) is 0.818. The minimum Gasteiger partial charge on any atom is -0.375 e. The SMILES string of the molecule is CC(C)N(CC(N)=O)C(=O)[C@H]1NCCO[C@@H]1C.Cl. The summed E-state index contributed by atoms with van der Waals surface area (Å²) in [5.41, 5.74) is 5.15. The average molecular weight is 280 g/mol. The van der Waals surface area contributed by atoms with Crippen molar-refractivity contribution in [1.82, 2.24) is 10.2 Å². The third-order valence-corrected chi connectivity index (χ3v) is 2.82. The van der Waals surface area contributed by atoms with Gasteiger partial charge in [-0.05, 0) is 20.8 Å². The summed E-state index contributed by atoms with van der Waals surface area (Å²) in [6.07, 6.45) is -0.189. The third-order valence-electron chi connectivity index (χ3n) is 2.82. The van der Waals surface area contributed by atoms with Gasteiger partial charge in [0.1, 0.15) is 6.04 Å². The zero-order valence-electron chi connectivity index (χ0n) is 11.0. The molecule has 1 fully saturated rings. The molecule has 0 spiro atoms. The quantitative estimate of drug-likeness (QED) is 0.727. The summed E-state index contributed by atoms with van der Waals surface area (Å²) in [4.78, 5) is 24.7. The van der Waals surface area contributed by atoms with Crippen molar-refractivity contribution in [1.29, 1.82) is 0 Å². The number of carbonyl (C=O) groups is 2. The van der Waals surface area contributed by atoms with Crippen LogP contribution in [0.5, 0.6) is 0 Å². The van der Waals surface area contributed by atoms with E-state index in [1.165, 1.54) is 4.90 Å². The van der Waals surface area contributed by atoms with Gasteiger partial charge in [0.2, 0.25) is 11.8 Å². The van der Waals surface area contributed by atoms with Gasteiger partial charge in [0.05, 0.1) is 19.3 Å². The lowest BCUT2D eigenvalue weighted by Crippen LogP contribution is -2.58. The van der Waals surface area contributed by atoms with Gasteiger partial charge in [-0.25, -0.2) is 0 Å². The first kappa shape index (κ1) is 17.2. The van der Waals surface area contributed by atoms with Gasteiger partial charge in [0.25, 0.3) is 0 Å². The number of hydrogen-bond donors (Lipinski definition) is 2. The van der Waals surface area contributed by atoms with Crippen LogP contribution in [-0.2, 0) is 14.3 Å². The number of hydrogen-bond acceptors (Lipinski definition) is 4. The normalized spacial score (nSPS) is 23.3. The predicted octanol–water partition coefficient (Wildman–Crippen LogP) is -0.493. The maximum Gasteiger partial charge on any atom is 0.243 e. The second kappa shape index (κ2) is 7.56. The summed E-state index contributed by atoms with van der Waals surface area (Å²) in [7, 11) is 0. The predicted molar refractivity (Wildman–Crippen MR) is 70.5 cm³/mol. The lowest BCUT2D eigenvalue weighted by Gasteiger charge is -2.35. The molecule has 2 amide bonds. The molecule has 1 saturated heterocycles. The fourth-order valence-corrected chi connectivity index (χ4v) is 1.87. The number of nitrogens with zero attached hydrogens (tertiary/aromatic N) is 1. The van der Waals surface area contributed by atoms with Crippen LogP contribution in [0.15, 0.2) is 0 Å². The molecule has 1 rings (SSSR count). The van der Waals surface area contributed by atoms with E-state index < -0.39 is 11.9 Å². The summed E-state index contributed by atoms with van der Waals surface area (Å²) in [5, 5.41) is 3.11. The highest BCUT2D eigenvalue weighted by Gasteiger charge is 2.33. The number of carbonyl (C=O) groups excluding carboxylic acids is 2.